The van der Waals surface area contributed by atoms with Gasteiger partial charge in [0.2, 0.25) is 5.95 Å². The van der Waals surface area contributed by atoms with Gasteiger partial charge in [0.1, 0.15) is 17.4 Å². The van der Waals surface area contributed by atoms with Crippen molar-refractivity contribution in [3.63, 3.8) is 0 Å². The van der Waals surface area contributed by atoms with Gasteiger partial charge in [-0.1, -0.05) is 12.1 Å². The predicted octanol–water partition coefficient (Wildman–Crippen LogP) is 6.31. The van der Waals surface area contributed by atoms with Crippen LogP contribution in [0.25, 0.3) is 0 Å². The van der Waals surface area contributed by atoms with Crippen LogP contribution < -0.4 is 15.0 Å². The van der Waals surface area contributed by atoms with Crippen LogP contribution in [0.4, 0.5) is 21.8 Å². The van der Waals surface area contributed by atoms with E-state index in [2.05, 4.69) is 22.1 Å². The molecule has 8 heteroatoms. The van der Waals surface area contributed by atoms with E-state index in [1.807, 2.05) is 49.6 Å². The van der Waals surface area contributed by atoms with E-state index >= 15 is 0 Å². The first-order valence-corrected chi connectivity index (χ1v) is 12.8. The number of nitrogens with one attached hydrogen (secondary N) is 1. The number of carbonyl (C=O) groups is 1. The van der Waals surface area contributed by atoms with Crippen LogP contribution in [0.3, 0.4) is 0 Å². The molecule has 184 valence electrons. The number of fused-ring (bicyclic) bond motifs is 1. The van der Waals surface area contributed by atoms with E-state index in [4.69, 9.17) is 9.72 Å². The first kappa shape index (κ1) is 23.9. The van der Waals surface area contributed by atoms with E-state index in [1.165, 1.54) is 23.3 Å². The van der Waals surface area contributed by atoms with Gasteiger partial charge in [0, 0.05) is 28.4 Å². The molecule has 1 aliphatic heterocycles. The first-order chi connectivity index (χ1) is 17.4. The summed E-state index contributed by atoms with van der Waals surface area (Å²) in [5.41, 5.74) is 4.99. The molecule has 0 amide bonds. The highest BCUT2D eigenvalue weighted by atomic mass is 32.1. The SMILES string of the molecule is Cc1nc(Nc2ccc(F)cc2)nc(N2CCc3cc(OC(=O)Cc4cccs4)ccc3C2C)c1C. The van der Waals surface area contributed by atoms with E-state index in [-0.39, 0.29) is 24.2 Å². The fourth-order valence-corrected chi connectivity index (χ4v) is 5.19. The Bertz CT molecular complexity index is 1390. The lowest BCUT2D eigenvalue weighted by atomic mass is 9.93. The number of halogens is 1. The van der Waals surface area contributed by atoms with Crippen LogP contribution in [0.15, 0.2) is 60.0 Å². The number of benzene rings is 2. The number of carbonyl (C=O) groups excluding carboxylic acids is 1. The highest BCUT2D eigenvalue weighted by Crippen LogP contribution is 2.36. The lowest BCUT2D eigenvalue weighted by Gasteiger charge is -2.37. The van der Waals surface area contributed by atoms with E-state index < -0.39 is 0 Å². The Morgan fingerprint density at radius 1 is 1.17 bits per heavy atom. The largest absolute Gasteiger partial charge is 0.426 e. The summed E-state index contributed by atoms with van der Waals surface area (Å²) in [6, 6.07) is 16.0. The van der Waals surface area contributed by atoms with Gasteiger partial charge < -0.3 is 15.0 Å². The van der Waals surface area contributed by atoms with Gasteiger partial charge in [-0.3, -0.25) is 4.79 Å². The van der Waals surface area contributed by atoms with Crippen LogP contribution in [0.5, 0.6) is 5.75 Å². The number of nitrogens with zero attached hydrogens (tertiary/aromatic N) is 3. The summed E-state index contributed by atoms with van der Waals surface area (Å²) in [4.78, 5) is 25.0. The molecule has 0 saturated heterocycles. The van der Waals surface area contributed by atoms with Crippen LogP contribution in [0.1, 0.15) is 40.2 Å². The minimum absolute atomic E-state index is 0.0799. The average Bonchev–Trinajstić information content (AvgIpc) is 3.36. The third-order valence-electron chi connectivity index (χ3n) is 6.52. The highest BCUT2D eigenvalue weighted by molar-refractivity contribution is 7.10. The van der Waals surface area contributed by atoms with Crippen molar-refractivity contribution in [3.05, 3.63) is 93.1 Å². The monoisotopic (exact) mass is 502 g/mol. The molecule has 4 aromatic rings. The summed E-state index contributed by atoms with van der Waals surface area (Å²) in [7, 11) is 0. The van der Waals surface area contributed by atoms with Crippen molar-refractivity contribution >= 4 is 34.8 Å². The number of hydrogen-bond donors (Lipinski definition) is 1. The zero-order valence-corrected chi connectivity index (χ0v) is 21.2. The molecule has 0 spiro atoms. The van der Waals surface area contributed by atoms with Crippen LogP contribution in [-0.2, 0) is 17.6 Å². The molecule has 2 aromatic carbocycles. The molecule has 0 aliphatic carbocycles. The Morgan fingerprint density at radius 3 is 2.72 bits per heavy atom. The average molecular weight is 503 g/mol. The van der Waals surface area contributed by atoms with Gasteiger partial charge in [0.05, 0.1) is 12.5 Å². The number of anilines is 3. The Labute approximate surface area is 213 Å². The van der Waals surface area contributed by atoms with Crippen LogP contribution in [0, 0.1) is 19.7 Å². The summed E-state index contributed by atoms with van der Waals surface area (Å²) in [6.07, 6.45) is 1.08. The highest BCUT2D eigenvalue weighted by Gasteiger charge is 2.27. The van der Waals surface area contributed by atoms with Crippen LogP contribution in [-0.4, -0.2) is 22.5 Å². The number of aryl methyl sites for hydroxylation is 1. The number of hydrogen-bond acceptors (Lipinski definition) is 7. The van der Waals surface area contributed by atoms with Crippen LogP contribution >= 0.6 is 11.3 Å². The maximum Gasteiger partial charge on any atom is 0.316 e. The molecular formula is C28H27FN4O2S. The zero-order chi connectivity index (χ0) is 25.2. The topological polar surface area (TPSA) is 67.3 Å². The lowest BCUT2D eigenvalue weighted by molar-refractivity contribution is -0.133. The lowest BCUT2D eigenvalue weighted by Crippen LogP contribution is -2.35. The summed E-state index contributed by atoms with van der Waals surface area (Å²) >= 11 is 1.55. The molecule has 0 radical (unpaired) electrons. The molecule has 6 nitrogen and oxygen atoms in total. The molecule has 1 unspecified atom stereocenters. The van der Waals surface area contributed by atoms with Crippen molar-refractivity contribution in [3.8, 4) is 5.75 Å². The van der Waals surface area contributed by atoms with Crippen molar-refractivity contribution in [2.75, 3.05) is 16.8 Å². The normalized spacial score (nSPS) is 14.9. The predicted molar refractivity (Wildman–Crippen MR) is 141 cm³/mol. The summed E-state index contributed by atoms with van der Waals surface area (Å²) in [6.45, 7) is 6.93. The van der Waals surface area contributed by atoms with Gasteiger partial charge in [-0.05, 0) is 86.2 Å². The van der Waals surface area contributed by atoms with Gasteiger partial charge in [0.15, 0.2) is 0 Å². The van der Waals surface area contributed by atoms with Gasteiger partial charge >= 0.3 is 5.97 Å². The third-order valence-corrected chi connectivity index (χ3v) is 7.40. The van der Waals surface area contributed by atoms with Gasteiger partial charge in [0.25, 0.3) is 0 Å². The van der Waals surface area contributed by atoms with Crippen molar-refractivity contribution in [2.24, 2.45) is 0 Å². The molecule has 1 aliphatic rings. The summed E-state index contributed by atoms with van der Waals surface area (Å²) < 4.78 is 18.9. The minimum atomic E-state index is -0.288. The third kappa shape index (κ3) is 5.09. The number of rotatable bonds is 6. The van der Waals surface area contributed by atoms with Crippen molar-refractivity contribution in [1.82, 2.24) is 9.97 Å². The Hall–Kier alpha value is -3.78. The minimum Gasteiger partial charge on any atom is -0.426 e. The second-order valence-electron chi connectivity index (χ2n) is 8.92. The number of thiophene rings is 1. The molecule has 2 aromatic heterocycles. The maximum absolute atomic E-state index is 13.3. The van der Waals surface area contributed by atoms with Crippen molar-refractivity contribution in [1.29, 1.82) is 0 Å². The quantitative estimate of drug-likeness (QED) is 0.246. The second kappa shape index (κ2) is 10.1. The molecule has 1 N–H and O–H groups in total. The van der Waals surface area contributed by atoms with Gasteiger partial charge in [-0.25, -0.2) is 9.37 Å². The standard InChI is InChI=1S/C28H27FN4O2S/c1-17-18(2)30-28(31-22-8-6-21(29)7-9-22)32-27(17)33-13-12-20-15-23(10-11-25(20)19(33)3)35-26(34)16-24-5-4-14-36-24/h4-11,14-15,19H,12-13,16H2,1-3H3,(H,30,31,32). The zero-order valence-electron chi connectivity index (χ0n) is 20.4. The Balaban J connectivity index is 1.35. The number of aromatic nitrogens is 2. The fourth-order valence-electron chi connectivity index (χ4n) is 4.50. The second-order valence-corrected chi connectivity index (χ2v) is 9.96. The molecule has 5 rings (SSSR count). The summed E-state index contributed by atoms with van der Waals surface area (Å²) in [5.74, 6) is 1.39. The van der Waals surface area contributed by atoms with Gasteiger partial charge in [-0.2, -0.15) is 4.98 Å². The first-order valence-electron chi connectivity index (χ1n) is 11.9. The molecule has 1 atom stereocenters. The van der Waals surface area contributed by atoms with Crippen molar-refractivity contribution < 1.29 is 13.9 Å². The molecule has 3 heterocycles. The van der Waals surface area contributed by atoms with E-state index in [0.29, 0.717) is 11.7 Å². The van der Waals surface area contributed by atoms with Crippen LogP contribution in [0.2, 0.25) is 0 Å². The Morgan fingerprint density at radius 2 is 1.97 bits per heavy atom. The Kier molecular flexibility index (Phi) is 6.69. The van der Waals surface area contributed by atoms with E-state index in [0.717, 1.165) is 40.6 Å². The van der Waals surface area contributed by atoms with E-state index in [1.54, 1.807) is 23.5 Å². The molecule has 36 heavy (non-hydrogen) atoms. The number of esters is 1. The molecule has 0 fully saturated rings. The molecule has 0 bridgehead atoms. The maximum atomic E-state index is 13.3. The van der Waals surface area contributed by atoms with Crippen molar-refractivity contribution in [2.45, 2.75) is 39.7 Å². The molecular weight excluding hydrogens is 475 g/mol. The fraction of sp³-hybridized carbons (Fsp3) is 0.250. The molecule has 0 saturated carbocycles. The smallest absolute Gasteiger partial charge is 0.316 e. The number of ether oxygens (including phenoxy) is 1. The summed E-state index contributed by atoms with van der Waals surface area (Å²) in [5, 5.41) is 5.15. The van der Waals surface area contributed by atoms with Gasteiger partial charge in [-0.15, -0.1) is 11.3 Å². The van der Waals surface area contributed by atoms with E-state index in [9.17, 15) is 9.18 Å².